The SMILES string of the molecule is CCCCCN1C(=O)C(=O)/C(=C(/O)c2ccc([N+](=O)[O-])cc2)C1c1ccccc1OC. The Morgan fingerprint density at radius 3 is 2.42 bits per heavy atom. The van der Waals surface area contributed by atoms with Crippen LogP contribution in [0.15, 0.2) is 54.1 Å². The quantitative estimate of drug-likeness (QED) is 0.170. The van der Waals surface area contributed by atoms with E-state index < -0.39 is 22.7 Å². The van der Waals surface area contributed by atoms with Gasteiger partial charge in [-0.25, -0.2) is 0 Å². The Morgan fingerprint density at radius 1 is 1.13 bits per heavy atom. The molecule has 162 valence electrons. The standard InChI is InChI=1S/C23H24N2O6/c1-3-4-7-14-24-20(17-8-5-6-9-18(17)31-2)19(22(27)23(24)28)21(26)15-10-12-16(13-11-15)25(29)30/h5-6,8-13,20,26H,3-4,7,14H2,1-2H3/b21-19+. The lowest BCUT2D eigenvalue weighted by atomic mass is 9.94. The van der Waals surface area contributed by atoms with Crippen molar-refractivity contribution in [2.75, 3.05) is 13.7 Å². The number of para-hydroxylation sites is 1. The van der Waals surface area contributed by atoms with Crippen LogP contribution in [0, 0.1) is 10.1 Å². The van der Waals surface area contributed by atoms with E-state index in [0.29, 0.717) is 24.3 Å². The fourth-order valence-electron chi connectivity index (χ4n) is 3.75. The summed E-state index contributed by atoms with van der Waals surface area (Å²) in [6, 6.07) is 11.4. The van der Waals surface area contributed by atoms with Gasteiger partial charge in [0.05, 0.1) is 23.6 Å². The predicted octanol–water partition coefficient (Wildman–Crippen LogP) is 4.22. The molecule has 1 aliphatic rings. The lowest BCUT2D eigenvalue weighted by Gasteiger charge is -2.26. The molecule has 2 aromatic carbocycles. The molecule has 0 spiro atoms. The van der Waals surface area contributed by atoms with Crippen LogP contribution < -0.4 is 4.74 Å². The molecule has 1 saturated heterocycles. The monoisotopic (exact) mass is 424 g/mol. The molecule has 0 bridgehead atoms. The number of ether oxygens (including phenoxy) is 1. The maximum atomic E-state index is 13.0. The van der Waals surface area contributed by atoms with Gasteiger partial charge < -0.3 is 14.7 Å². The Morgan fingerprint density at radius 2 is 1.81 bits per heavy atom. The number of nitro groups is 1. The summed E-state index contributed by atoms with van der Waals surface area (Å²) in [5, 5.41) is 21.9. The molecule has 31 heavy (non-hydrogen) atoms. The molecule has 2 aromatic rings. The predicted molar refractivity (Wildman–Crippen MR) is 115 cm³/mol. The fraction of sp³-hybridized carbons (Fsp3) is 0.304. The first-order chi connectivity index (χ1) is 14.9. The highest BCUT2D eigenvalue weighted by molar-refractivity contribution is 6.46. The molecule has 1 N–H and O–H groups in total. The molecule has 0 aliphatic carbocycles. The average molecular weight is 424 g/mol. The lowest BCUT2D eigenvalue weighted by Crippen LogP contribution is -2.30. The highest BCUT2D eigenvalue weighted by Crippen LogP contribution is 2.42. The fourth-order valence-corrected chi connectivity index (χ4v) is 3.75. The van der Waals surface area contributed by atoms with E-state index in [-0.39, 0.29) is 22.6 Å². The molecule has 0 saturated carbocycles. The number of unbranched alkanes of at least 4 members (excludes halogenated alkanes) is 2. The molecule has 1 atom stereocenters. The van der Waals surface area contributed by atoms with Gasteiger partial charge in [0, 0.05) is 29.8 Å². The molecular weight excluding hydrogens is 400 g/mol. The highest BCUT2D eigenvalue weighted by atomic mass is 16.6. The molecule has 0 radical (unpaired) electrons. The van der Waals surface area contributed by atoms with Crippen molar-refractivity contribution >= 4 is 23.1 Å². The summed E-state index contributed by atoms with van der Waals surface area (Å²) < 4.78 is 5.45. The van der Waals surface area contributed by atoms with E-state index in [2.05, 4.69) is 0 Å². The van der Waals surface area contributed by atoms with Crippen LogP contribution in [-0.4, -0.2) is 40.3 Å². The Kier molecular flexibility index (Phi) is 6.69. The van der Waals surface area contributed by atoms with Crippen LogP contribution in [0.3, 0.4) is 0 Å². The van der Waals surface area contributed by atoms with Gasteiger partial charge in [-0.3, -0.25) is 19.7 Å². The Hall–Kier alpha value is -3.68. The number of methoxy groups -OCH3 is 1. The molecule has 8 heteroatoms. The summed E-state index contributed by atoms with van der Waals surface area (Å²) in [6.45, 7) is 2.40. The van der Waals surface area contributed by atoms with Crippen molar-refractivity contribution < 1.29 is 24.4 Å². The molecular formula is C23H24N2O6. The van der Waals surface area contributed by atoms with Crippen molar-refractivity contribution in [1.82, 2.24) is 4.90 Å². The second-order valence-corrected chi connectivity index (χ2v) is 7.25. The second kappa shape index (κ2) is 9.42. The van der Waals surface area contributed by atoms with Gasteiger partial charge >= 0.3 is 0 Å². The van der Waals surface area contributed by atoms with Gasteiger partial charge in [-0.05, 0) is 24.6 Å². The van der Waals surface area contributed by atoms with E-state index in [1.54, 1.807) is 24.3 Å². The zero-order valence-corrected chi connectivity index (χ0v) is 17.4. The number of hydrogen-bond acceptors (Lipinski definition) is 6. The maximum Gasteiger partial charge on any atom is 0.295 e. The highest BCUT2D eigenvalue weighted by Gasteiger charge is 2.46. The minimum Gasteiger partial charge on any atom is -0.507 e. The molecule has 3 rings (SSSR count). The zero-order chi connectivity index (χ0) is 22.5. The van der Waals surface area contributed by atoms with Crippen molar-refractivity contribution in [2.45, 2.75) is 32.2 Å². The third kappa shape index (κ3) is 4.28. The van der Waals surface area contributed by atoms with Crippen molar-refractivity contribution in [2.24, 2.45) is 0 Å². The third-order valence-electron chi connectivity index (χ3n) is 5.33. The van der Waals surface area contributed by atoms with Crippen LogP contribution in [0.25, 0.3) is 5.76 Å². The smallest absolute Gasteiger partial charge is 0.295 e. The van der Waals surface area contributed by atoms with Crippen molar-refractivity contribution in [3.63, 3.8) is 0 Å². The maximum absolute atomic E-state index is 13.0. The number of amides is 1. The normalized spacial score (nSPS) is 17.7. The number of hydrogen-bond donors (Lipinski definition) is 1. The van der Waals surface area contributed by atoms with E-state index in [1.165, 1.54) is 36.3 Å². The minimum absolute atomic E-state index is 0.0557. The van der Waals surface area contributed by atoms with Crippen LogP contribution in [0.4, 0.5) is 5.69 Å². The van der Waals surface area contributed by atoms with Crippen molar-refractivity contribution in [3.05, 3.63) is 75.3 Å². The van der Waals surface area contributed by atoms with Gasteiger partial charge in [0.1, 0.15) is 11.5 Å². The number of benzene rings is 2. The Bertz CT molecular complexity index is 1030. The average Bonchev–Trinajstić information content (AvgIpc) is 3.03. The number of carbonyl (C=O) groups excluding carboxylic acids is 2. The number of aliphatic hydroxyl groups is 1. The number of aliphatic hydroxyl groups excluding tert-OH is 1. The van der Waals surface area contributed by atoms with Gasteiger partial charge in [-0.1, -0.05) is 38.0 Å². The first-order valence-corrected chi connectivity index (χ1v) is 10.1. The number of likely N-dealkylation sites (tertiary alicyclic amines) is 1. The van der Waals surface area contributed by atoms with Gasteiger partial charge in [-0.15, -0.1) is 0 Å². The van der Waals surface area contributed by atoms with E-state index >= 15 is 0 Å². The number of Topliss-reactive ketones (excluding diaryl/α,β-unsaturated/α-hetero) is 1. The Labute approximate surface area is 179 Å². The molecule has 1 unspecified atom stereocenters. The number of non-ortho nitro benzene ring substituents is 1. The van der Waals surface area contributed by atoms with Crippen LogP contribution >= 0.6 is 0 Å². The first kappa shape index (κ1) is 22.0. The molecule has 1 fully saturated rings. The molecule has 8 nitrogen and oxygen atoms in total. The van der Waals surface area contributed by atoms with E-state index in [0.717, 1.165) is 12.8 Å². The van der Waals surface area contributed by atoms with Crippen molar-refractivity contribution in [1.29, 1.82) is 0 Å². The summed E-state index contributed by atoms with van der Waals surface area (Å²) in [5.41, 5.74) is 0.610. The van der Waals surface area contributed by atoms with Gasteiger partial charge in [-0.2, -0.15) is 0 Å². The van der Waals surface area contributed by atoms with Gasteiger partial charge in [0.25, 0.3) is 17.4 Å². The number of nitro benzene ring substituents is 1. The van der Waals surface area contributed by atoms with Crippen LogP contribution in [0.2, 0.25) is 0 Å². The topological polar surface area (TPSA) is 110 Å². The molecule has 1 aliphatic heterocycles. The van der Waals surface area contributed by atoms with E-state index in [4.69, 9.17) is 4.74 Å². The van der Waals surface area contributed by atoms with Crippen molar-refractivity contribution in [3.8, 4) is 5.75 Å². The Balaban J connectivity index is 2.15. The number of ketones is 1. The summed E-state index contributed by atoms with van der Waals surface area (Å²) in [7, 11) is 1.50. The van der Waals surface area contributed by atoms with E-state index in [1.807, 2.05) is 6.92 Å². The van der Waals surface area contributed by atoms with Crippen LogP contribution in [-0.2, 0) is 9.59 Å². The van der Waals surface area contributed by atoms with Crippen LogP contribution in [0.5, 0.6) is 5.75 Å². The summed E-state index contributed by atoms with van der Waals surface area (Å²) in [4.78, 5) is 37.7. The second-order valence-electron chi connectivity index (χ2n) is 7.25. The molecule has 0 aromatic heterocycles. The minimum atomic E-state index is -0.816. The van der Waals surface area contributed by atoms with Crippen LogP contribution in [0.1, 0.15) is 43.4 Å². The van der Waals surface area contributed by atoms with Gasteiger partial charge in [0.2, 0.25) is 0 Å². The lowest BCUT2D eigenvalue weighted by molar-refractivity contribution is -0.384. The largest absolute Gasteiger partial charge is 0.507 e. The summed E-state index contributed by atoms with van der Waals surface area (Å²) in [6.07, 6.45) is 2.56. The third-order valence-corrected chi connectivity index (χ3v) is 5.33. The summed E-state index contributed by atoms with van der Waals surface area (Å²) >= 11 is 0. The number of nitrogens with zero attached hydrogens (tertiary/aromatic N) is 2. The zero-order valence-electron chi connectivity index (χ0n) is 17.4. The summed E-state index contributed by atoms with van der Waals surface area (Å²) in [5.74, 6) is -1.36. The molecule has 1 amide bonds. The number of rotatable bonds is 8. The molecule has 1 heterocycles. The van der Waals surface area contributed by atoms with E-state index in [9.17, 15) is 24.8 Å². The van der Waals surface area contributed by atoms with Gasteiger partial charge in [0.15, 0.2) is 0 Å². The first-order valence-electron chi connectivity index (χ1n) is 10.1. The number of carbonyl (C=O) groups is 2.